The van der Waals surface area contributed by atoms with Crippen LogP contribution in [0.2, 0.25) is 0 Å². The summed E-state index contributed by atoms with van der Waals surface area (Å²) in [6, 6.07) is 13.2. The van der Waals surface area contributed by atoms with Crippen molar-refractivity contribution in [3.8, 4) is 11.5 Å². The van der Waals surface area contributed by atoms with Crippen LogP contribution >= 0.6 is 0 Å². The van der Waals surface area contributed by atoms with Crippen LogP contribution in [0.3, 0.4) is 0 Å². The van der Waals surface area contributed by atoms with E-state index in [1.807, 2.05) is 42.5 Å². The molecule has 0 fully saturated rings. The van der Waals surface area contributed by atoms with Gasteiger partial charge >= 0.3 is 0 Å². The molecule has 0 aliphatic carbocycles. The molecule has 2 rings (SSSR count). The number of rotatable bonds is 6. The number of ether oxygens (including phenoxy) is 2. The fourth-order valence-corrected chi connectivity index (χ4v) is 2.09. The molecule has 0 atom stereocenters. The molecule has 5 heteroatoms. The summed E-state index contributed by atoms with van der Waals surface area (Å²) >= 11 is 0. The topological polar surface area (TPSA) is 59.6 Å². The molecule has 0 aliphatic heterocycles. The minimum absolute atomic E-state index is 0.0816. The first-order valence-electron chi connectivity index (χ1n) is 6.95. The smallest absolute Gasteiger partial charge is 0.221 e. The van der Waals surface area contributed by atoms with Crippen molar-refractivity contribution in [1.29, 1.82) is 0 Å². The number of carbonyl (C=O) groups excluding carboxylic acids is 1. The Morgan fingerprint density at radius 3 is 2.27 bits per heavy atom. The minimum atomic E-state index is -0.0816. The third-order valence-corrected chi connectivity index (χ3v) is 3.18. The van der Waals surface area contributed by atoms with E-state index in [1.54, 1.807) is 14.2 Å². The third-order valence-electron chi connectivity index (χ3n) is 3.18. The molecule has 0 bridgehead atoms. The second-order valence-corrected chi connectivity index (χ2v) is 4.79. The van der Waals surface area contributed by atoms with E-state index in [2.05, 4.69) is 10.6 Å². The maximum absolute atomic E-state index is 11.0. The molecular formula is C17H20N2O3. The van der Waals surface area contributed by atoms with Gasteiger partial charge in [0.1, 0.15) is 11.5 Å². The quantitative estimate of drug-likeness (QED) is 0.859. The SMILES string of the molecule is COc1ccc(OC)c(CNc2ccc(NC(C)=O)cc2)c1. The van der Waals surface area contributed by atoms with Crippen LogP contribution < -0.4 is 20.1 Å². The maximum atomic E-state index is 11.0. The first kappa shape index (κ1) is 15.7. The zero-order valence-electron chi connectivity index (χ0n) is 13.0. The Bertz CT molecular complexity index is 639. The second-order valence-electron chi connectivity index (χ2n) is 4.79. The van der Waals surface area contributed by atoms with E-state index in [9.17, 15) is 4.79 Å². The molecule has 116 valence electrons. The molecule has 0 radical (unpaired) electrons. The fourth-order valence-electron chi connectivity index (χ4n) is 2.09. The first-order valence-corrected chi connectivity index (χ1v) is 6.95. The summed E-state index contributed by atoms with van der Waals surface area (Å²) in [5.74, 6) is 1.52. The summed E-state index contributed by atoms with van der Waals surface area (Å²) in [6.45, 7) is 2.10. The van der Waals surface area contributed by atoms with Crippen molar-refractivity contribution in [2.24, 2.45) is 0 Å². The summed E-state index contributed by atoms with van der Waals surface area (Å²) < 4.78 is 10.6. The van der Waals surface area contributed by atoms with Gasteiger partial charge in [-0.3, -0.25) is 4.79 Å². The van der Waals surface area contributed by atoms with Crippen molar-refractivity contribution < 1.29 is 14.3 Å². The number of benzene rings is 2. The van der Waals surface area contributed by atoms with Crippen LogP contribution in [0.15, 0.2) is 42.5 Å². The van der Waals surface area contributed by atoms with Crippen LogP contribution in [-0.2, 0) is 11.3 Å². The number of methoxy groups -OCH3 is 2. The molecule has 0 unspecified atom stereocenters. The summed E-state index contributed by atoms with van der Waals surface area (Å²) in [5.41, 5.74) is 2.74. The lowest BCUT2D eigenvalue weighted by molar-refractivity contribution is -0.114. The van der Waals surface area contributed by atoms with Crippen molar-refractivity contribution in [1.82, 2.24) is 0 Å². The van der Waals surface area contributed by atoms with Gasteiger partial charge in [-0.15, -0.1) is 0 Å². The Hall–Kier alpha value is -2.69. The highest BCUT2D eigenvalue weighted by Gasteiger charge is 2.05. The minimum Gasteiger partial charge on any atom is -0.497 e. The first-order chi connectivity index (χ1) is 10.6. The van der Waals surface area contributed by atoms with Gasteiger partial charge in [0.25, 0.3) is 0 Å². The van der Waals surface area contributed by atoms with Crippen molar-refractivity contribution in [3.63, 3.8) is 0 Å². The van der Waals surface area contributed by atoms with Crippen LogP contribution in [-0.4, -0.2) is 20.1 Å². The average Bonchev–Trinajstić information content (AvgIpc) is 2.53. The van der Waals surface area contributed by atoms with Gasteiger partial charge in [0.05, 0.1) is 14.2 Å². The Labute approximate surface area is 130 Å². The van der Waals surface area contributed by atoms with Gasteiger partial charge in [0, 0.05) is 30.4 Å². The van der Waals surface area contributed by atoms with Gasteiger partial charge in [-0.25, -0.2) is 0 Å². The van der Waals surface area contributed by atoms with Crippen molar-refractivity contribution in [2.45, 2.75) is 13.5 Å². The van der Waals surface area contributed by atoms with Crippen molar-refractivity contribution >= 4 is 17.3 Å². The van der Waals surface area contributed by atoms with Crippen LogP contribution in [0, 0.1) is 0 Å². The van der Waals surface area contributed by atoms with Crippen LogP contribution in [0.4, 0.5) is 11.4 Å². The van der Waals surface area contributed by atoms with Gasteiger partial charge < -0.3 is 20.1 Å². The molecule has 2 N–H and O–H groups in total. The molecule has 2 aromatic carbocycles. The Morgan fingerprint density at radius 1 is 1.00 bits per heavy atom. The predicted molar refractivity (Wildman–Crippen MR) is 87.6 cm³/mol. The standard InChI is InChI=1S/C17H20N2O3/c1-12(20)19-15-6-4-14(5-7-15)18-11-13-10-16(21-2)8-9-17(13)22-3/h4-10,18H,11H2,1-3H3,(H,19,20). The van der Waals surface area contributed by atoms with E-state index in [4.69, 9.17) is 9.47 Å². The molecule has 0 heterocycles. The number of anilines is 2. The molecule has 22 heavy (non-hydrogen) atoms. The van der Waals surface area contributed by atoms with Gasteiger partial charge in [0.15, 0.2) is 0 Å². The van der Waals surface area contributed by atoms with Gasteiger partial charge in [-0.2, -0.15) is 0 Å². The lowest BCUT2D eigenvalue weighted by atomic mass is 10.1. The molecule has 0 aromatic heterocycles. The van der Waals surface area contributed by atoms with E-state index in [0.717, 1.165) is 28.4 Å². The number of hydrogen-bond acceptors (Lipinski definition) is 4. The molecule has 0 saturated heterocycles. The summed E-state index contributed by atoms with van der Waals surface area (Å²) in [5, 5.41) is 6.06. The summed E-state index contributed by atoms with van der Waals surface area (Å²) in [7, 11) is 3.29. The molecule has 5 nitrogen and oxygen atoms in total. The Balaban J connectivity index is 2.04. The Morgan fingerprint density at radius 2 is 1.68 bits per heavy atom. The molecule has 0 saturated carbocycles. The van der Waals surface area contributed by atoms with E-state index in [1.165, 1.54) is 6.92 Å². The van der Waals surface area contributed by atoms with Crippen molar-refractivity contribution in [3.05, 3.63) is 48.0 Å². The van der Waals surface area contributed by atoms with E-state index in [-0.39, 0.29) is 5.91 Å². The summed E-state index contributed by atoms with van der Waals surface area (Å²) in [4.78, 5) is 11.0. The largest absolute Gasteiger partial charge is 0.497 e. The number of amides is 1. The van der Waals surface area contributed by atoms with Gasteiger partial charge in [-0.1, -0.05) is 0 Å². The number of carbonyl (C=O) groups is 1. The predicted octanol–water partition coefficient (Wildman–Crippen LogP) is 3.27. The molecule has 2 aromatic rings. The van der Waals surface area contributed by atoms with E-state index < -0.39 is 0 Å². The second kappa shape index (κ2) is 7.36. The van der Waals surface area contributed by atoms with E-state index in [0.29, 0.717) is 6.54 Å². The lowest BCUT2D eigenvalue weighted by Crippen LogP contribution is -2.06. The molecule has 1 amide bonds. The fraction of sp³-hybridized carbons (Fsp3) is 0.235. The molecule has 0 spiro atoms. The number of hydrogen-bond donors (Lipinski definition) is 2. The monoisotopic (exact) mass is 300 g/mol. The van der Waals surface area contributed by atoms with Gasteiger partial charge in [0.2, 0.25) is 5.91 Å². The average molecular weight is 300 g/mol. The maximum Gasteiger partial charge on any atom is 0.221 e. The zero-order valence-corrected chi connectivity index (χ0v) is 13.0. The van der Waals surface area contributed by atoms with Crippen LogP contribution in [0.25, 0.3) is 0 Å². The van der Waals surface area contributed by atoms with Crippen LogP contribution in [0.5, 0.6) is 11.5 Å². The highest BCUT2D eigenvalue weighted by molar-refractivity contribution is 5.88. The van der Waals surface area contributed by atoms with Crippen LogP contribution in [0.1, 0.15) is 12.5 Å². The summed E-state index contributed by atoms with van der Waals surface area (Å²) in [6.07, 6.45) is 0. The number of nitrogens with one attached hydrogen (secondary N) is 2. The highest BCUT2D eigenvalue weighted by atomic mass is 16.5. The lowest BCUT2D eigenvalue weighted by Gasteiger charge is -2.12. The normalized spacial score (nSPS) is 9.95. The molecular weight excluding hydrogens is 280 g/mol. The zero-order chi connectivity index (χ0) is 15.9. The molecule has 0 aliphatic rings. The Kier molecular flexibility index (Phi) is 5.25. The van der Waals surface area contributed by atoms with Gasteiger partial charge in [-0.05, 0) is 42.5 Å². The van der Waals surface area contributed by atoms with Crippen molar-refractivity contribution in [2.75, 3.05) is 24.9 Å². The highest BCUT2D eigenvalue weighted by Crippen LogP contribution is 2.25. The van der Waals surface area contributed by atoms with E-state index >= 15 is 0 Å². The third kappa shape index (κ3) is 4.15.